The van der Waals surface area contributed by atoms with Crippen LogP contribution in [0.4, 0.5) is 0 Å². The molecular weight excluding hydrogens is 352 g/mol. The van der Waals surface area contributed by atoms with Gasteiger partial charge in [0.05, 0.1) is 11.7 Å². The van der Waals surface area contributed by atoms with Gasteiger partial charge in [0.2, 0.25) is 5.91 Å². The van der Waals surface area contributed by atoms with Gasteiger partial charge in [-0.25, -0.2) is 0 Å². The summed E-state index contributed by atoms with van der Waals surface area (Å²) in [5.41, 5.74) is 0.108. The van der Waals surface area contributed by atoms with E-state index in [0.717, 1.165) is 32.4 Å². The van der Waals surface area contributed by atoms with Crippen molar-refractivity contribution < 1.29 is 11.0 Å². The standard InChI is InChI=1S/C20H38N4O2.C2H6.H2/c1-4-22-9-11-24(12-10-22)14-13-23-7-5-20(6-8-23)15-18(26-20)16-21-19(25)17(2)3;1-2;/h17-18H,4-16H2,1-3H3,(H,21,25);1-2H3;1H. The molecule has 0 aromatic carbocycles. The van der Waals surface area contributed by atoms with Crippen molar-refractivity contribution in [3.8, 4) is 0 Å². The first-order valence-corrected chi connectivity index (χ1v) is 11.6. The Balaban J connectivity index is 0.00000136. The Hall–Kier alpha value is -0.690. The fourth-order valence-electron chi connectivity index (χ4n) is 4.41. The molecule has 6 heteroatoms. The Morgan fingerprint density at radius 2 is 1.54 bits per heavy atom. The summed E-state index contributed by atoms with van der Waals surface area (Å²) in [4.78, 5) is 19.4. The number of likely N-dealkylation sites (tertiary alicyclic amines) is 1. The Kier molecular flexibility index (Phi) is 9.67. The van der Waals surface area contributed by atoms with Crippen molar-refractivity contribution in [1.82, 2.24) is 20.0 Å². The average Bonchev–Trinajstić information content (AvgIpc) is 2.71. The van der Waals surface area contributed by atoms with E-state index >= 15 is 0 Å². The van der Waals surface area contributed by atoms with Gasteiger partial charge in [0.15, 0.2) is 0 Å². The van der Waals surface area contributed by atoms with E-state index in [0.29, 0.717) is 6.54 Å². The Morgan fingerprint density at radius 3 is 2.04 bits per heavy atom. The van der Waals surface area contributed by atoms with Gasteiger partial charge >= 0.3 is 0 Å². The minimum atomic E-state index is 0. The highest BCUT2D eigenvalue weighted by atomic mass is 16.5. The number of amides is 1. The highest BCUT2D eigenvalue weighted by Gasteiger charge is 2.47. The minimum absolute atomic E-state index is 0. The van der Waals surface area contributed by atoms with E-state index in [-0.39, 0.29) is 25.0 Å². The lowest BCUT2D eigenvalue weighted by Crippen LogP contribution is -2.59. The predicted molar refractivity (Wildman–Crippen MR) is 118 cm³/mol. The van der Waals surface area contributed by atoms with Crippen LogP contribution in [-0.4, -0.2) is 97.8 Å². The molecule has 0 bridgehead atoms. The van der Waals surface area contributed by atoms with Gasteiger partial charge in [-0.1, -0.05) is 34.6 Å². The third-order valence-corrected chi connectivity index (χ3v) is 6.46. The van der Waals surface area contributed by atoms with Crippen molar-refractivity contribution >= 4 is 5.91 Å². The molecule has 0 aromatic heterocycles. The molecule has 1 unspecified atom stereocenters. The molecule has 3 fully saturated rings. The van der Waals surface area contributed by atoms with E-state index in [9.17, 15) is 4.79 Å². The number of ether oxygens (including phenoxy) is 1. The van der Waals surface area contributed by atoms with Crippen molar-refractivity contribution in [3.05, 3.63) is 0 Å². The summed E-state index contributed by atoms with van der Waals surface area (Å²) in [6.45, 7) is 21.6. The SMILES string of the molecule is CC.CCN1CCN(CCN2CCC3(CC2)CC(CNC(=O)C(C)C)O3)CC1.[HH]. The van der Waals surface area contributed by atoms with Crippen molar-refractivity contribution in [2.24, 2.45) is 5.92 Å². The molecule has 6 nitrogen and oxygen atoms in total. The predicted octanol–water partition coefficient (Wildman–Crippen LogP) is 2.29. The number of rotatable bonds is 7. The minimum Gasteiger partial charge on any atom is -0.370 e. The second-order valence-corrected chi connectivity index (χ2v) is 8.64. The van der Waals surface area contributed by atoms with Crippen LogP contribution in [0, 0.1) is 5.92 Å². The van der Waals surface area contributed by atoms with Crippen LogP contribution in [0.2, 0.25) is 0 Å². The lowest BCUT2D eigenvalue weighted by molar-refractivity contribution is -0.223. The third-order valence-electron chi connectivity index (χ3n) is 6.46. The molecule has 3 saturated heterocycles. The second kappa shape index (κ2) is 11.5. The van der Waals surface area contributed by atoms with E-state index in [1.54, 1.807) is 0 Å². The molecule has 0 aromatic rings. The van der Waals surface area contributed by atoms with Crippen LogP contribution >= 0.6 is 0 Å². The van der Waals surface area contributed by atoms with Crippen LogP contribution < -0.4 is 5.32 Å². The van der Waals surface area contributed by atoms with Gasteiger partial charge in [0, 0.05) is 72.7 Å². The zero-order valence-electron chi connectivity index (χ0n) is 19.0. The van der Waals surface area contributed by atoms with Gasteiger partial charge < -0.3 is 19.9 Å². The molecule has 3 rings (SSSR count). The average molecular weight is 399 g/mol. The first-order chi connectivity index (χ1) is 13.5. The highest BCUT2D eigenvalue weighted by molar-refractivity contribution is 5.77. The number of hydrogen-bond donors (Lipinski definition) is 1. The van der Waals surface area contributed by atoms with Crippen molar-refractivity contribution in [2.75, 3.05) is 65.4 Å². The lowest BCUT2D eigenvalue weighted by atomic mass is 9.80. The molecule has 1 spiro atoms. The summed E-state index contributed by atoms with van der Waals surface area (Å²) in [6.07, 6.45) is 3.62. The maximum absolute atomic E-state index is 11.7. The summed E-state index contributed by atoms with van der Waals surface area (Å²) >= 11 is 0. The quantitative estimate of drug-likeness (QED) is 0.713. The molecule has 3 aliphatic heterocycles. The topological polar surface area (TPSA) is 48.0 Å². The first kappa shape index (κ1) is 23.6. The monoisotopic (exact) mass is 398 g/mol. The largest absolute Gasteiger partial charge is 0.370 e. The summed E-state index contributed by atoms with van der Waals surface area (Å²) in [5.74, 6) is 0.182. The Labute approximate surface area is 174 Å². The molecule has 0 saturated carbocycles. The summed E-state index contributed by atoms with van der Waals surface area (Å²) < 4.78 is 6.21. The lowest BCUT2D eigenvalue weighted by Gasteiger charge is -2.52. The number of likely N-dealkylation sites (N-methyl/N-ethyl adjacent to an activating group) is 1. The molecule has 1 atom stereocenters. The number of nitrogens with one attached hydrogen (secondary N) is 1. The Morgan fingerprint density at radius 1 is 1.04 bits per heavy atom. The van der Waals surface area contributed by atoms with E-state index in [4.69, 9.17) is 4.74 Å². The number of carbonyl (C=O) groups is 1. The molecular formula is C22H46N4O2. The van der Waals surface area contributed by atoms with Gasteiger partial charge in [-0.05, 0) is 19.4 Å². The molecule has 3 aliphatic rings. The fourth-order valence-corrected chi connectivity index (χ4v) is 4.41. The van der Waals surface area contributed by atoms with Crippen molar-refractivity contribution in [2.45, 2.75) is 65.6 Å². The number of carbonyl (C=O) groups excluding carboxylic acids is 1. The number of hydrogen-bond acceptors (Lipinski definition) is 5. The van der Waals surface area contributed by atoms with E-state index in [1.165, 1.54) is 45.8 Å². The summed E-state index contributed by atoms with van der Waals surface area (Å²) in [6, 6.07) is 0. The molecule has 1 amide bonds. The van der Waals surface area contributed by atoms with Gasteiger partial charge in [-0.2, -0.15) is 0 Å². The molecule has 0 radical (unpaired) electrons. The highest BCUT2D eigenvalue weighted by Crippen LogP contribution is 2.41. The maximum atomic E-state index is 11.7. The van der Waals surface area contributed by atoms with E-state index in [1.807, 2.05) is 27.7 Å². The molecule has 28 heavy (non-hydrogen) atoms. The maximum Gasteiger partial charge on any atom is 0.222 e. The van der Waals surface area contributed by atoms with Crippen molar-refractivity contribution in [3.63, 3.8) is 0 Å². The number of nitrogens with zero attached hydrogens (tertiary/aromatic N) is 3. The van der Waals surface area contributed by atoms with Gasteiger partial charge in [-0.3, -0.25) is 9.69 Å². The fraction of sp³-hybridized carbons (Fsp3) is 0.955. The third kappa shape index (κ3) is 6.68. The second-order valence-electron chi connectivity index (χ2n) is 8.64. The van der Waals surface area contributed by atoms with Crippen molar-refractivity contribution in [1.29, 1.82) is 0 Å². The molecule has 166 valence electrons. The van der Waals surface area contributed by atoms with Crippen LogP contribution in [0.5, 0.6) is 0 Å². The summed E-state index contributed by atoms with van der Waals surface area (Å²) in [5, 5.41) is 3.00. The van der Waals surface area contributed by atoms with Crippen LogP contribution in [0.1, 0.15) is 55.3 Å². The van der Waals surface area contributed by atoms with E-state index in [2.05, 4.69) is 26.9 Å². The van der Waals surface area contributed by atoms with Crippen LogP contribution in [0.15, 0.2) is 0 Å². The first-order valence-electron chi connectivity index (χ1n) is 11.6. The number of piperazine rings is 1. The van der Waals surface area contributed by atoms with Gasteiger partial charge in [0.25, 0.3) is 0 Å². The normalized spacial score (nSPS) is 25.9. The van der Waals surface area contributed by atoms with Crippen LogP contribution in [0.25, 0.3) is 0 Å². The van der Waals surface area contributed by atoms with Gasteiger partial charge in [-0.15, -0.1) is 0 Å². The summed E-state index contributed by atoms with van der Waals surface area (Å²) in [7, 11) is 0. The molecule has 1 N–H and O–H groups in total. The zero-order valence-corrected chi connectivity index (χ0v) is 19.0. The Bertz CT molecular complexity index is 454. The van der Waals surface area contributed by atoms with Gasteiger partial charge in [0.1, 0.15) is 0 Å². The molecule has 0 aliphatic carbocycles. The van der Waals surface area contributed by atoms with Crippen LogP contribution in [-0.2, 0) is 9.53 Å². The smallest absolute Gasteiger partial charge is 0.222 e. The number of piperidine rings is 1. The molecule has 3 heterocycles. The van der Waals surface area contributed by atoms with Crippen LogP contribution in [0.3, 0.4) is 0 Å². The van der Waals surface area contributed by atoms with E-state index < -0.39 is 0 Å². The zero-order chi connectivity index (χ0) is 20.6.